The van der Waals surface area contributed by atoms with Crippen molar-refractivity contribution in [3.63, 3.8) is 0 Å². The van der Waals surface area contributed by atoms with Gasteiger partial charge in [0.1, 0.15) is 4.90 Å². The molecule has 2 aliphatic heterocycles. The fourth-order valence-corrected chi connectivity index (χ4v) is 4.39. The van der Waals surface area contributed by atoms with Gasteiger partial charge in [-0.3, -0.25) is 4.98 Å². The van der Waals surface area contributed by atoms with E-state index in [1.807, 2.05) is 0 Å². The Morgan fingerprint density at radius 3 is 2.90 bits per heavy atom. The Labute approximate surface area is 118 Å². The number of pyridine rings is 1. The largest absolute Gasteiger partial charge is 0.389 e. The molecule has 1 spiro atoms. The third-order valence-corrected chi connectivity index (χ3v) is 6.02. The molecule has 0 bridgehead atoms. The molecule has 0 unspecified atom stereocenters. The number of hydrogen-bond donors (Lipinski definition) is 1. The van der Waals surface area contributed by atoms with Gasteiger partial charge in [-0.1, -0.05) is 0 Å². The van der Waals surface area contributed by atoms with Crippen molar-refractivity contribution in [1.29, 1.82) is 0 Å². The number of sulfonamides is 1. The Hall–Kier alpha value is -1.02. The van der Waals surface area contributed by atoms with Gasteiger partial charge in [0.2, 0.25) is 10.0 Å². The monoisotopic (exact) mass is 298 g/mol. The number of aliphatic hydroxyl groups excluding tert-OH is 1. The van der Waals surface area contributed by atoms with Crippen LogP contribution in [0.5, 0.6) is 0 Å². The molecule has 2 aliphatic rings. The lowest BCUT2D eigenvalue weighted by molar-refractivity contribution is -0.117. The molecular formula is C13H18N2O4S. The van der Waals surface area contributed by atoms with E-state index in [9.17, 15) is 13.5 Å². The first kappa shape index (κ1) is 13.9. The second kappa shape index (κ2) is 5.07. The molecule has 2 atom stereocenters. The summed E-state index contributed by atoms with van der Waals surface area (Å²) in [6, 6.07) is 3.11. The number of aliphatic hydroxyl groups is 1. The number of aromatic nitrogens is 1. The number of hydrogen-bond acceptors (Lipinski definition) is 5. The summed E-state index contributed by atoms with van der Waals surface area (Å²) < 4.78 is 31.9. The molecule has 0 saturated carbocycles. The van der Waals surface area contributed by atoms with E-state index in [1.165, 1.54) is 22.8 Å². The molecule has 1 aromatic heterocycles. The molecule has 1 aromatic rings. The smallest absolute Gasteiger partial charge is 0.244 e. The number of piperidine rings is 1. The summed E-state index contributed by atoms with van der Waals surface area (Å²) in [7, 11) is -3.59. The number of rotatable bonds is 2. The molecule has 110 valence electrons. The number of β-amino-alcohol motifs (C(OH)–C–C–N with tert-alkyl or cyclic N) is 1. The summed E-state index contributed by atoms with van der Waals surface area (Å²) in [5, 5.41) is 10.3. The minimum absolute atomic E-state index is 0.0806. The summed E-state index contributed by atoms with van der Waals surface area (Å²) >= 11 is 0. The van der Waals surface area contributed by atoms with Crippen LogP contribution in [-0.4, -0.2) is 54.2 Å². The Morgan fingerprint density at radius 2 is 2.30 bits per heavy atom. The van der Waals surface area contributed by atoms with E-state index in [4.69, 9.17) is 4.74 Å². The summed E-state index contributed by atoms with van der Waals surface area (Å²) in [6.45, 7) is 1.10. The third-order valence-electron chi connectivity index (χ3n) is 4.17. The van der Waals surface area contributed by atoms with Crippen LogP contribution in [0.1, 0.15) is 19.3 Å². The van der Waals surface area contributed by atoms with E-state index in [-0.39, 0.29) is 11.4 Å². The summed E-state index contributed by atoms with van der Waals surface area (Å²) in [6.07, 6.45) is 4.35. The first-order valence-corrected chi connectivity index (χ1v) is 8.21. The van der Waals surface area contributed by atoms with E-state index in [1.54, 1.807) is 6.07 Å². The van der Waals surface area contributed by atoms with Crippen LogP contribution < -0.4 is 0 Å². The van der Waals surface area contributed by atoms with Gasteiger partial charge in [-0.2, -0.15) is 4.31 Å². The molecule has 6 nitrogen and oxygen atoms in total. The van der Waals surface area contributed by atoms with Crippen LogP contribution in [0, 0.1) is 0 Å². The quantitative estimate of drug-likeness (QED) is 0.854. The lowest BCUT2D eigenvalue weighted by atomic mass is 9.87. The van der Waals surface area contributed by atoms with E-state index in [0.29, 0.717) is 19.6 Å². The topological polar surface area (TPSA) is 79.7 Å². The van der Waals surface area contributed by atoms with Gasteiger partial charge in [-0.25, -0.2) is 8.42 Å². The van der Waals surface area contributed by atoms with E-state index in [0.717, 1.165) is 12.8 Å². The molecule has 2 fully saturated rings. The first-order valence-electron chi connectivity index (χ1n) is 6.77. The van der Waals surface area contributed by atoms with Gasteiger partial charge in [0, 0.05) is 32.1 Å². The normalized spacial score (nSPS) is 31.8. The molecule has 0 radical (unpaired) electrons. The van der Waals surface area contributed by atoms with Crippen LogP contribution in [0.4, 0.5) is 0 Å². The summed E-state index contributed by atoms with van der Waals surface area (Å²) in [5.41, 5.74) is -0.541. The van der Waals surface area contributed by atoms with Crippen LogP contribution in [0.2, 0.25) is 0 Å². The Morgan fingerprint density at radius 1 is 1.45 bits per heavy atom. The second-order valence-electron chi connectivity index (χ2n) is 5.33. The third kappa shape index (κ3) is 2.24. The van der Waals surface area contributed by atoms with E-state index < -0.39 is 21.7 Å². The molecule has 0 aromatic carbocycles. The Balaban J connectivity index is 1.80. The second-order valence-corrected chi connectivity index (χ2v) is 7.27. The molecule has 1 N–H and O–H groups in total. The van der Waals surface area contributed by atoms with Crippen molar-refractivity contribution >= 4 is 10.0 Å². The zero-order valence-electron chi connectivity index (χ0n) is 11.1. The van der Waals surface area contributed by atoms with E-state index >= 15 is 0 Å². The number of nitrogens with zero attached hydrogens (tertiary/aromatic N) is 2. The van der Waals surface area contributed by atoms with Crippen LogP contribution in [0.15, 0.2) is 29.4 Å². The SMILES string of the molecule is O=S(=O)(c1cccnc1)N1CC[C@@]2(CCCO2)[C@@H](O)C1. The van der Waals surface area contributed by atoms with E-state index in [2.05, 4.69) is 4.98 Å². The average Bonchev–Trinajstić information content (AvgIpc) is 2.93. The lowest BCUT2D eigenvalue weighted by Crippen LogP contribution is -2.56. The highest BCUT2D eigenvalue weighted by molar-refractivity contribution is 7.89. The van der Waals surface area contributed by atoms with Crippen molar-refractivity contribution in [3.8, 4) is 0 Å². The molecule has 3 heterocycles. The average molecular weight is 298 g/mol. The van der Waals surface area contributed by atoms with Crippen molar-refractivity contribution < 1.29 is 18.3 Å². The predicted molar refractivity (Wildman–Crippen MR) is 71.5 cm³/mol. The Kier molecular flexibility index (Phi) is 3.53. The maximum atomic E-state index is 12.5. The predicted octanol–water partition coefficient (Wildman–Crippen LogP) is 0.386. The lowest BCUT2D eigenvalue weighted by Gasteiger charge is -2.41. The zero-order valence-corrected chi connectivity index (χ0v) is 11.9. The zero-order chi connectivity index (χ0) is 14.2. The summed E-state index contributed by atoms with van der Waals surface area (Å²) in [5.74, 6) is 0. The van der Waals surface area contributed by atoms with Crippen LogP contribution in [-0.2, 0) is 14.8 Å². The molecule has 0 amide bonds. The van der Waals surface area contributed by atoms with Crippen molar-refractivity contribution in [2.75, 3.05) is 19.7 Å². The maximum absolute atomic E-state index is 12.5. The molecule has 0 aliphatic carbocycles. The first-order chi connectivity index (χ1) is 9.55. The van der Waals surface area contributed by atoms with Gasteiger partial charge in [0.05, 0.1) is 11.7 Å². The van der Waals surface area contributed by atoms with Crippen molar-refractivity contribution in [3.05, 3.63) is 24.5 Å². The van der Waals surface area contributed by atoms with Crippen molar-refractivity contribution in [2.45, 2.75) is 35.9 Å². The van der Waals surface area contributed by atoms with Gasteiger partial charge in [0.25, 0.3) is 0 Å². The van der Waals surface area contributed by atoms with Gasteiger partial charge in [-0.05, 0) is 31.4 Å². The minimum Gasteiger partial charge on any atom is -0.389 e. The number of ether oxygens (including phenoxy) is 1. The fourth-order valence-electron chi connectivity index (χ4n) is 2.98. The highest BCUT2D eigenvalue weighted by atomic mass is 32.2. The van der Waals surface area contributed by atoms with Crippen LogP contribution in [0.25, 0.3) is 0 Å². The van der Waals surface area contributed by atoms with Crippen molar-refractivity contribution in [2.24, 2.45) is 0 Å². The van der Waals surface area contributed by atoms with Crippen LogP contribution in [0.3, 0.4) is 0 Å². The minimum atomic E-state index is -3.59. The van der Waals surface area contributed by atoms with Crippen molar-refractivity contribution in [1.82, 2.24) is 9.29 Å². The van der Waals surface area contributed by atoms with Gasteiger partial charge in [-0.15, -0.1) is 0 Å². The van der Waals surface area contributed by atoms with Gasteiger partial charge >= 0.3 is 0 Å². The fraction of sp³-hybridized carbons (Fsp3) is 0.615. The highest BCUT2D eigenvalue weighted by Gasteiger charge is 2.47. The van der Waals surface area contributed by atoms with Crippen LogP contribution >= 0.6 is 0 Å². The van der Waals surface area contributed by atoms with Gasteiger partial charge < -0.3 is 9.84 Å². The highest BCUT2D eigenvalue weighted by Crippen LogP contribution is 2.37. The molecular weight excluding hydrogens is 280 g/mol. The molecule has 2 saturated heterocycles. The Bertz CT molecular complexity index is 569. The van der Waals surface area contributed by atoms with Gasteiger partial charge in [0.15, 0.2) is 0 Å². The standard InChI is InChI=1S/C13H18N2O4S/c16-12-10-15(7-5-13(12)4-2-8-19-13)20(17,18)11-3-1-6-14-9-11/h1,3,6,9,12,16H,2,4-5,7-8,10H2/t12-,13-/m0/s1. The summed E-state index contributed by atoms with van der Waals surface area (Å²) in [4.78, 5) is 4.01. The molecule has 3 rings (SSSR count). The molecule has 20 heavy (non-hydrogen) atoms. The maximum Gasteiger partial charge on any atom is 0.244 e. The molecule has 7 heteroatoms.